The molecule has 0 spiro atoms. The number of rotatable bonds is 2. The fourth-order valence-electron chi connectivity index (χ4n) is 0.412. The Bertz CT molecular complexity index is 180. The van der Waals surface area contributed by atoms with E-state index in [1.807, 2.05) is 0 Å². The first kappa shape index (κ1) is 10.4. The minimum atomic E-state index is -0.899. The standard InChI is InChI=1S/C6H9NO5/c1-11-5(9)3-4(8)7-6(10)12-2/h3H2,1-2H3,(H,7,8,10). The van der Waals surface area contributed by atoms with Crippen molar-refractivity contribution >= 4 is 18.0 Å². The fraction of sp³-hybridized carbons (Fsp3) is 0.500. The minimum absolute atomic E-state index is 0.494. The van der Waals surface area contributed by atoms with Gasteiger partial charge in [-0.1, -0.05) is 0 Å². The molecule has 1 N–H and O–H groups in total. The number of carbonyl (C=O) groups excluding carboxylic acids is 3. The van der Waals surface area contributed by atoms with Crippen molar-refractivity contribution in [2.45, 2.75) is 6.42 Å². The highest BCUT2D eigenvalue weighted by molar-refractivity contribution is 6.00. The van der Waals surface area contributed by atoms with Crippen molar-refractivity contribution in [1.29, 1.82) is 0 Å². The van der Waals surface area contributed by atoms with Gasteiger partial charge in [-0.15, -0.1) is 0 Å². The van der Waals surface area contributed by atoms with Crippen LogP contribution in [0.2, 0.25) is 0 Å². The van der Waals surface area contributed by atoms with Crippen molar-refractivity contribution in [3.8, 4) is 0 Å². The lowest BCUT2D eigenvalue weighted by Crippen LogP contribution is -2.31. The van der Waals surface area contributed by atoms with E-state index in [2.05, 4.69) is 9.47 Å². The van der Waals surface area contributed by atoms with Crippen LogP contribution in [0, 0.1) is 0 Å². The Hall–Kier alpha value is -1.59. The number of carbonyl (C=O) groups is 3. The number of esters is 1. The van der Waals surface area contributed by atoms with E-state index in [0.717, 1.165) is 14.2 Å². The van der Waals surface area contributed by atoms with Crippen LogP contribution in [-0.2, 0) is 19.1 Å². The highest BCUT2D eigenvalue weighted by atomic mass is 16.5. The summed E-state index contributed by atoms with van der Waals surface area (Å²) in [4.78, 5) is 31.5. The second-order valence-electron chi connectivity index (χ2n) is 1.79. The molecule has 0 radical (unpaired) electrons. The summed E-state index contributed by atoms with van der Waals surface area (Å²) in [5.41, 5.74) is 0. The molecule has 0 aliphatic heterocycles. The molecule has 0 fully saturated rings. The maximum Gasteiger partial charge on any atom is 0.413 e. The van der Waals surface area contributed by atoms with Crippen LogP contribution < -0.4 is 5.32 Å². The van der Waals surface area contributed by atoms with E-state index in [1.165, 1.54) is 0 Å². The van der Waals surface area contributed by atoms with Crippen LogP contribution in [0.15, 0.2) is 0 Å². The molecule has 0 rings (SSSR count). The average molecular weight is 175 g/mol. The van der Waals surface area contributed by atoms with Crippen LogP contribution in [0.4, 0.5) is 4.79 Å². The van der Waals surface area contributed by atoms with Crippen LogP contribution in [0.1, 0.15) is 6.42 Å². The van der Waals surface area contributed by atoms with Gasteiger partial charge in [0.2, 0.25) is 5.91 Å². The Morgan fingerprint density at radius 1 is 1.17 bits per heavy atom. The van der Waals surface area contributed by atoms with Crippen LogP contribution in [0.5, 0.6) is 0 Å². The Kier molecular flexibility index (Phi) is 4.43. The molecule has 6 heteroatoms. The number of imide groups is 1. The molecule has 2 amide bonds. The smallest absolute Gasteiger partial charge is 0.413 e. The predicted octanol–water partition coefficient (Wildman–Crippen LogP) is -0.568. The van der Waals surface area contributed by atoms with E-state index in [9.17, 15) is 14.4 Å². The second-order valence-corrected chi connectivity index (χ2v) is 1.79. The molecule has 0 saturated heterocycles. The summed E-state index contributed by atoms with van der Waals surface area (Å²) in [6.07, 6.45) is -1.39. The maximum atomic E-state index is 10.7. The lowest BCUT2D eigenvalue weighted by molar-refractivity contribution is -0.143. The molecular formula is C6H9NO5. The van der Waals surface area contributed by atoms with E-state index in [-0.39, 0.29) is 0 Å². The number of hydrogen-bond acceptors (Lipinski definition) is 5. The second kappa shape index (κ2) is 5.11. The van der Waals surface area contributed by atoms with E-state index < -0.39 is 24.4 Å². The SMILES string of the molecule is COC(=O)CC(=O)NC(=O)OC. The maximum absolute atomic E-state index is 10.7. The van der Waals surface area contributed by atoms with Crippen molar-refractivity contribution in [2.75, 3.05) is 14.2 Å². The zero-order valence-corrected chi connectivity index (χ0v) is 6.75. The summed E-state index contributed by atoms with van der Waals surface area (Å²) < 4.78 is 8.30. The molecular weight excluding hydrogens is 166 g/mol. The zero-order valence-electron chi connectivity index (χ0n) is 6.75. The molecule has 0 aliphatic carbocycles. The molecule has 0 saturated carbocycles. The van der Waals surface area contributed by atoms with E-state index in [4.69, 9.17) is 0 Å². The third kappa shape index (κ3) is 4.26. The summed E-state index contributed by atoms with van der Waals surface area (Å²) in [7, 11) is 2.26. The number of amides is 2. The van der Waals surface area contributed by atoms with Gasteiger partial charge >= 0.3 is 12.1 Å². The largest absolute Gasteiger partial charge is 0.469 e. The summed E-state index contributed by atoms with van der Waals surface area (Å²) in [5, 5.41) is 1.79. The van der Waals surface area contributed by atoms with E-state index in [0.29, 0.717) is 0 Å². The molecule has 12 heavy (non-hydrogen) atoms. The van der Waals surface area contributed by atoms with Crippen molar-refractivity contribution in [1.82, 2.24) is 5.32 Å². The Balaban J connectivity index is 3.74. The van der Waals surface area contributed by atoms with Crippen LogP contribution in [0.3, 0.4) is 0 Å². The van der Waals surface area contributed by atoms with E-state index >= 15 is 0 Å². The monoisotopic (exact) mass is 175 g/mol. The molecule has 0 aromatic carbocycles. The third-order valence-electron chi connectivity index (χ3n) is 0.959. The van der Waals surface area contributed by atoms with Crippen molar-refractivity contribution in [3.63, 3.8) is 0 Å². The predicted molar refractivity (Wildman–Crippen MR) is 37.2 cm³/mol. The number of hydrogen-bond donors (Lipinski definition) is 1. The van der Waals surface area contributed by atoms with Gasteiger partial charge in [0, 0.05) is 0 Å². The van der Waals surface area contributed by atoms with Crippen LogP contribution >= 0.6 is 0 Å². The van der Waals surface area contributed by atoms with E-state index in [1.54, 1.807) is 5.32 Å². The van der Waals surface area contributed by atoms with Crippen LogP contribution in [0.25, 0.3) is 0 Å². The Morgan fingerprint density at radius 2 is 1.75 bits per heavy atom. The number of methoxy groups -OCH3 is 2. The zero-order chi connectivity index (χ0) is 9.56. The molecule has 0 aromatic heterocycles. The highest BCUT2D eigenvalue weighted by Crippen LogP contribution is 1.84. The molecule has 0 aliphatic rings. The molecule has 0 atom stereocenters. The van der Waals surface area contributed by atoms with Gasteiger partial charge in [0.1, 0.15) is 6.42 Å². The number of ether oxygens (including phenoxy) is 2. The first-order valence-electron chi connectivity index (χ1n) is 3.04. The number of alkyl carbamates (subject to hydrolysis) is 1. The van der Waals surface area contributed by atoms with Crippen molar-refractivity contribution in [2.24, 2.45) is 0 Å². The highest BCUT2D eigenvalue weighted by Gasteiger charge is 2.11. The molecule has 0 unspecified atom stereocenters. The summed E-state index contributed by atoms with van der Waals surface area (Å²) in [6, 6.07) is 0. The average Bonchev–Trinajstić information content (AvgIpc) is 2.03. The quantitative estimate of drug-likeness (QED) is 0.449. The third-order valence-corrected chi connectivity index (χ3v) is 0.959. The van der Waals surface area contributed by atoms with Gasteiger partial charge in [0.15, 0.2) is 0 Å². The lowest BCUT2D eigenvalue weighted by atomic mass is 10.4. The molecule has 68 valence electrons. The summed E-state index contributed by atoms with van der Waals surface area (Å²) in [6.45, 7) is 0. The molecule has 0 aromatic rings. The first-order chi connectivity index (χ1) is 5.60. The van der Waals surface area contributed by atoms with Gasteiger partial charge in [0.25, 0.3) is 0 Å². The lowest BCUT2D eigenvalue weighted by Gasteiger charge is -2.00. The minimum Gasteiger partial charge on any atom is -0.469 e. The Morgan fingerprint density at radius 3 is 2.17 bits per heavy atom. The number of nitrogens with one attached hydrogen (secondary N) is 1. The van der Waals surface area contributed by atoms with Crippen LogP contribution in [-0.4, -0.2) is 32.2 Å². The van der Waals surface area contributed by atoms with Gasteiger partial charge in [-0.3, -0.25) is 14.9 Å². The van der Waals surface area contributed by atoms with Gasteiger partial charge in [0.05, 0.1) is 14.2 Å². The van der Waals surface area contributed by atoms with Crippen molar-refractivity contribution < 1.29 is 23.9 Å². The normalized spacial score (nSPS) is 8.50. The fourth-order valence-corrected chi connectivity index (χ4v) is 0.412. The van der Waals surface area contributed by atoms with Gasteiger partial charge in [-0.25, -0.2) is 4.79 Å². The first-order valence-corrected chi connectivity index (χ1v) is 3.04. The summed E-state index contributed by atoms with van der Waals surface area (Å²) >= 11 is 0. The summed E-state index contributed by atoms with van der Waals surface area (Å²) in [5.74, 6) is -1.47. The van der Waals surface area contributed by atoms with Gasteiger partial charge in [-0.2, -0.15) is 0 Å². The Labute approximate surface area is 68.8 Å². The molecule has 0 bridgehead atoms. The van der Waals surface area contributed by atoms with Gasteiger partial charge in [-0.05, 0) is 0 Å². The van der Waals surface area contributed by atoms with Gasteiger partial charge < -0.3 is 9.47 Å². The van der Waals surface area contributed by atoms with Crippen molar-refractivity contribution in [3.05, 3.63) is 0 Å². The topological polar surface area (TPSA) is 81.7 Å². The molecule has 0 heterocycles. The molecule has 6 nitrogen and oxygen atoms in total.